The number of carboxylic acids is 1. The number of amides is 14. The Labute approximate surface area is 659 Å². The summed E-state index contributed by atoms with van der Waals surface area (Å²) in [7, 11) is 0. The van der Waals surface area contributed by atoms with Crippen LogP contribution < -0.4 is 80.6 Å². The number of aliphatic hydroxyl groups is 2. The van der Waals surface area contributed by atoms with E-state index in [2.05, 4.69) is 109 Å². The lowest BCUT2D eigenvalue weighted by atomic mass is 10.0. The van der Waals surface area contributed by atoms with E-state index in [9.17, 15) is 87.5 Å². The molecular formula is C72H98N20O19S2. The molecule has 0 saturated carbocycles. The number of nitrogens with two attached hydrogens (primary N) is 2. The number of thiol groups is 2. The number of aromatic nitrogens is 3. The number of rotatable bonds is 45. The van der Waals surface area contributed by atoms with E-state index in [-0.39, 0.29) is 74.7 Å². The fraction of sp³-hybridized carbons (Fsp3) is 0.458. The highest BCUT2D eigenvalue weighted by Crippen LogP contribution is 2.22. The first-order valence-corrected chi connectivity index (χ1v) is 37.3. The van der Waals surface area contributed by atoms with Gasteiger partial charge >= 0.3 is 5.97 Å². The van der Waals surface area contributed by atoms with Gasteiger partial charge in [-0.25, -0.2) is 4.98 Å². The average Bonchev–Trinajstić information content (AvgIpc) is 1.59. The number of nitrogens with one attached hydrogen (secondary N) is 16. The second-order valence-corrected chi connectivity index (χ2v) is 27.7. The molecule has 14 amide bonds. The number of carboxylic acid groups (broad SMARTS) is 1. The minimum atomic E-state index is -1.86. The minimum absolute atomic E-state index is 0.00799. The van der Waals surface area contributed by atoms with Crippen LogP contribution in [0.25, 0.3) is 10.9 Å². The summed E-state index contributed by atoms with van der Waals surface area (Å²) in [6, 6.07) is 2.47. The predicted octanol–water partition coefficient (Wildman–Crippen LogP) is -5.56. The lowest BCUT2D eigenvalue weighted by Crippen LogP contribution is -2.61. The molecule has 3 aromatic carbocycles. The van der Waals surface area contributed by atoms with Gasteiger partial charge in [0.25, 0.3) is 0 Å². The number of fused-ring (bicyclic) bond motifs is 1. The minimum Gasteiger partial charge on any atom is -0.508 e. The van der Waals surface area contributed by atoms with Crippen molar-refractivity contribution < 1.29 is 92.3 Å². The van der Waals surface area contributed by atoms with Gasteiger partial charge in [-0.1, -0.05) is 74.5 Å². The SMILES string of the molecule is CC(=O)N[C@@H](CO)C(=O)N[C@@H](Cc1ccc(O)cc1)C(=O)N[C@@H](CO)C(=O)N[C@@H](CS)C(=O)N[C@@H](CCC(=O)O)C(=O)N[C@@H](Cc1cnc[nH]1)C(=O)N[C@@H](Cc1ccccc1)C(=O)N[C@@H](CCCNC(=N)N)C(=O)N[C@@H](Cc1c[nH]c2ccccc12)C(=O)NCC(=O)N[C@@H](CS)C(=O)N1CCC[C@H]1C(=O)N[C@H](C(N)=O)C(C)C. The van der Waals surface area contributed by atoms with Gasteiger partial charge in [0.1, 0.15) is 78.3 Å². The van der Waals surface area contributed by atoms with Crippen LogP contribution >= 0.6 is 25.3 Å². The Morgan fingerprint density at radius 2 is 1.08 bits per heavy atom. The second kappa shape index (κ2) is 44.9. The van der Waals surface area contributed by atoms with Crippen molar-refractivity contribution >= 4 is 131 Å². The Hall–Kier alpha value is -11.9. The van der Waals surface area contributed by atoms with Gasteiger partial charge in [0, 0.05) is 92.6 Å². The van der Waals surface area contributed by atoms with Crippen molar-refractivity contribution in [2.75, 3.05) is 44.4 Å². The molecule has 6 rings (SSSR count). The number of aliphatic hydroxyl groups excluding tert-OH is 2. The lowest BCUT2D eigenvalue weighted by Gasteiger charge is -2.29. The number of para-hydroxylation sites is 1. The molecule has 0 unspecified atom stereocenters. The van der Waals surface area contributed by atoms with Crippen LogP contribution in [0.1, 0.15) is 81.7 Å². The highest BCUT2D eigenvalue weighted by molar-refractivity contribution is 7.80. The molecule has 24 N–H and O–H groups in total. The molecule has 2 aromatic heterocycles. The van der Waals surface area contributed by atoms with Crippen LogP contribution in [0.15, 0.2) is 97.6 Å². The Kier molecular flexibility index (Phi) is 35.7. The number of guanidine groups is 1. The van der Waals surface area contributed by atoms with Gasteiger partial charge in [0.2, 0.25) is 82.7 Å². The Balaban J connectivity index is 1.22. The number of phenols is 1. The predicted molar refractivity (Wildman–Crippen MR) is 413 cm³/mol. The fourth-order valence-electron chi connectivity index (χ4n) is 12.1. The molecule has 1 aliphatic heterocycles. The first-order chi connectivity index (χ1) is 53.8. The molecule has 113 heavy (non-hydrogen) atoms. The molecule has 1 saturated heterocycles. The maximum absolute atomic E-state index is 15.1. The number of phenolic OH excluding ortho intramolecular Hbond substituents is 1. The summed E-state index contributed by atoms with van der Waals surface area (Å²) in [5.41, 5.74) is 13.4. The fourth-order valence-corrected chi connectivity index (χ4v) is 12.6. The molecule has 3 heterocycles. The molecule has 0 spiro atoms. The molecule has 41 heteroatoms. The molecule has 0 radical (unpaired) electrons. The van der Waals surface area contributed by atoms with E-state index < -0.39 is 212 Å². The van der Waals surface area contributed by atoms with E-state index >= 15 is 4.79 Å². The first-order valence-electron chi connectivity index (χ1n) is 36.1. The number of likely N-dealkylation sites (tertiary alicyclic amines) is 1. The van der Waals surface area contributed by atoms with Crippen molar-refractivity contribution in [3.8, 4) is 5.75 Å². The van der Waals surface area contributed by atoms with Crippen molar-refractivity contribution in [3.63, 3.8) is 0 Å². The number of imidazole rings is 1. The third kappa shape index (κ3) is 28.5. The zero-order chi connectivity index (χ0) is 83.0. The highest BCUT2D eigenvalue weighted by atomic mass is 32.1. The van der Waals surface area contributed by atoms with Gasteiger partial charge in [0.05, 0.1) is 26.1 Å². The van der Waals surface area contributed by atoms with E-state index in [1.807, 2.05) is 0 Å². The van der Waals surface area contributed by atoms with Crippen LogP contribution in [0.3, 0.4) is 0 Å². The number of hydrogen-bond donors (Lipinski definition) is 24. The van der Waals surface area contributed by atoms with Gasteiger partial charge in [-0.05, 0) is 72.9 Å². The normalized spacial score (nSPS) is 15.4. The van der Waals surface area contributed by atoms with Crippen LogP contribution in [0.2, 0.25) is 0 Å². The lowest BCUT2D eigenvalue weighted by molar-refractivity contribution is -0.141. The average molecular weight is 1610 g/mol. The molecule has 1 fully saturated rings. The summed E-state index contributed by atoms with van der Waals surface area (Å²) in [6.07, 6.45) is 2.05. The zero-order valence-corrected chi connectivity index (χ0v) is 63.9. The summed E-state index contributed by atoms with van der Waals surface area (Å²) >= 11 is 8.50. The first kappa shape index (κ1) is 90.0. The second-order valence-electron chi connectivity index (χ2n) is 27.0. The van der Waals surface area contributed by atoms with Crippen molar-refractivity contribution in [2.24, 2.45) is 17.4 Å². The number of aromatic amines is 2. The van der Waals surface area contributed by atoms with Crippen molar-refractivity contribution in [2.45, 2.75) is 157 Å². The Morgan fingerprint density at radius 1 is 0.575 bits per heavy atom. The van der Waals surface area contributed by atoms with Crippen LogP contribution in [-0.2, 0) is 97.6 Å². The molecular weight excluding hydrogens is 1510 g/mol. The van der Waals surface area contributed by atoms with E-state index in [4.69, 9.17) is 16.9 Å². The van der Waals surface area contributed by atoms with Gasteiger partial charge < -0.3 is 116 Å². The van der Waals surface area contributed by atoms with E-state index in [0.717, 1.165) is 6.92 Å². The largest absolute Gasteiger partial charge is 0.508 e. The Bertz CT molecular complexity index is 4160. The topological polar surface area (TPSA) is 617 Å². The molecule has 0 bridgehead atoms. The number of aliphatic carboxylic acids is 1. The number of aromatic hydroxyl groups is 1. The number of primary amides is 1. The molecule has 0 aliphatic carbocycles. The number of nitrogens with zero attached hydrogens (tertiary/aromatic N) is 2. The van der Waals surface area contributed by atoms with Crippen molar-refractivity contribution in [3.05, 3.63) is 120 Å². The summed E-state index contributed by atoms with van der Waals surface area (Å²) < 4.78 is 0. The van der Waals surface area contributed by atoms with Crippen molar-refractivity contribution in [1.82, 2.24) is 89.0 Å². The molecule has 12 atom stereocenters. The number of benzene rings is 3. The molecule has 39 nitrogen and oxygen atoms in total. The van der Waals surface area contributed by atoms with Crippen LogP contribution in [0.4, 0.5) is 0 Å². The maximum atomic E-state index is 15.1. The number of H-pyrrole nitrogens is 2. The van der Waals surface area contributed by atoms with Gasteiger partial charge in [-0.2, -0.15) is 25.3 Å². The van der Waals surface area contributed by atoms with Gasteiger partial charge in [-0.3, -0.25) is 77.3 Å². The molecule has 5 aromatic rings. The van der Waals surface area contributed by atoms with E-state index in [1.54, 1.807) is 74.6 Å². The molecule has 1 aliphatic rings. The number of carbonyl (C=O) groups excluding carboxylic acids is 14. The summed E-state index contributed by atoms with van der Waals surface area (Å²) in [4.78, 5) is 217. The van der Waals surface area contributed by atoms with Gasteiger partial charge in [0.15, 0.2) is 5.96 Å². The maximum Gasteiger partial charge on any atom is 0.303 e. The Morgan fingerprint density at radius 3 is 1.62 bits per heavy atom. The van der Waals surface area contributed by atoms with E-state index in [1.165, 1.54) is 41.7 Å². The standard InChI is InChI=1S/C72H98N20O19S2/c1-37(2)59(60(73)100)91-70(110)56-16-10-24-92(56)71(111)55(35-113)82-57(97)31-79-61(101)50(27-41-29-78-45-14-8-7-13-44(41)45)87-62(102)46(15-9-23-77-72(74)75)83-64(104)48(25-39-11-5-4-6-12-39)85-66(106)51(28-42-30-76-36-80-42)88-63(103)47(21-22-58(98)99)84-69(109)54(34-112)90-68(108)53(33-94)89-65(105)49(26-40-17-19-43(96)20-18-40)86-67(107)52(32-93)81-38(3)95/h4-8,11-14,17-20,29-30,36-37,46-56,59,78,93-94,96,112-113H,9-10,15-16,21-28,31-35H2,1-3H3,(H2,73,100)(H,76,80)(H,79,101)(H,81,95)(H,82,97)(H,83,104)(H,84,109)(H,85,106)(H,86,107)(H,87,102)(H,88,103)(H,89,105)(H,90,108)(H,91,110)(H,98,99)(H4,74,75,77)/t46-,47-,48-,49-,50-,51-,52-,53-,54-,55-,56-,59-/m0/s1. The van der Waals surface area contributed by atoms with Crippen LogP contribution in [0, 0.1) is 11.3 Å². The van der Waals surface area contributed by atoms with Gasteiger partial charge in [-0.15, -0.1) is 0 Å². The molecule has 612 valence electrons. The zero-order valence-electron chi connectivity index (χ0n) is 62.1. The van der Waals surface area contributed by atoms with Crippen LogP contribution in [-0.4, -0.2) is 252 Å². The smallest absolute Gasteiger partial charge is 0.303 e. The number of carbonyl (C=O) groups is 15. The van der Waals surface area contributed by atoms with E-state index in [0.29, 0.717) is 34.0 Å². The number of hydrogen-bond acceptors (Lipinski definition) is 22. The summed E-state index contributed by atoms with van der Waals surface area (Å²) in [6.45, 7) is 1.83. The summed E-state index contributed by atoms with van der Waals surface area (Å²) in [5, 5.41) is 80.7. The third-order valence-corrected chi connectivity index (χ3v) is 18.8. The third-order valence-electron chi connectivity index (χ3n) is 18.0. The van der Waals surface area contributed by atoms with Crippen molar-refractivity contribution in [1.29, 1.82) is 5.41 Å². The van der Waals surface area contributed by atoms with Crippen LogP contribution in [0.5, 0.6) is 5.75 Å². The quantitative estimate of drug-likeness (QED) is 0.00748. The summed E-state index contributed by atoms with van der Waals surface area (Å²) in [5.74, 6) is -16.3. The highest BCUT2D eigenvalue weighted by Gasteiger charge is 2.41. The monoisotopic (exact) mass is 1610 g/mol.